The first kappa shape index (κ1) is 19.6. The van der Waals surface area contributed by atoms with Gasteiger partial charge >= 0.3 is 0 Å². The molecule has 5 heteroatoms. The highest BCUT2D eigenvalue weighted by Gasteiger charge is 2.17. The normalized spacial score (nSPS) is 10.4. The van der Waals surface area contributed by atoms with Gasteiger partial charge in [0.2, 0.25) is 11.8 Å². The molecular formula is C21H25FN2O2. The minimum Gasteiger partial charge on any atom is -0.342 e. The van der Waals surface area contributed by atoms with Crippen molar-refractivity contribution in [1.29, 1.82) is 0 Å². The monoisotopic (exact) mass is 356 g/mol. The van der Waals surface area contributed by atoms with Crippen LogP contribution in [0, 0.1) is 5.82 Å². The van der Waals surface area contributed by atoms with E-state index < -0.39 is 0 Å². The van der Waals surface area contributed by atoms with Gasteiger partial charge in [-0.2, -0.15) is 0 Å². The number of para-hydroxylation sites is 1. The molecule has 0 heterocycles. The van der Waals surface area contributed by atoms with Crippen LogP contribution in [0.3, 0.4) is 0 Å². The number of nitrogens with zero attached hydrogens (tertiary/aromatic N) is 2. The van der Waals surface area contributed by atoms with Crippen LogP contribution in [-0.2, 0) is 16.0 Å². The summed E-state index contributed by atoms with van der Waals surface area (Å²) in [7, 11) is 0. The molecular weight excluding hydrogens is 331 g/mol. The van der Waals surface area contributed by atoms with Crippen molar-refractivity contribution in [3.8, 4) is 0 Å². The van der Waals surface area contributed by atoms with Crippen molar-refractivity contribution < 1.29 is 14.0 Å². The molecule has 0 aliphatic rings. The molecule has 0 saturated heterocycles. The Hall–Kier alpha value is -2.69. The second-order valence-electron chi connectivity index (χ2n) is 6.07. The second kappa shape index (κ2) is 9.70. The summed E-state index contributed by atoms with van der Waals surface area (Å²) in [4.78, 5) is 27.7. The number of carbonyl (C=O) groups is 2. The van der Waals surface area contributed by atoms with E-state index >= 15 is 0 Å². The molecule has 0 unspecified atom stereocenters. The number of hydrogen-bond donors (Lipinski definition) is 0. The van der Waals surface area contributed by atoms with Gasteiger partial charge in [0.25, 0.3) is 0 Å². The van der Waals surface area contributed by atoms with Crippen LogP contribution in [0.1, 0.15) is 25.8 Å². The highest BCUT2D eigenvalue weighted by atomic mass is 19.1. The van der Waals surface area contributed by atoms with Crippen LogP contribution in [0.5, 0.6) is 0 Å². The number of amides is 2. The van der Waals surface area contributed by atoms with Crippen LogP contribution < -0.4 is 4.90 Å². The van der Waals surface area contributed by atoms with E-state index in [4.69, 9.17) is 0 Å². The Bertz CT molecular complexity index is 734. The smallest absolute Gasteiger partial charge is 0.228 e. The molecule has 138 valence electrons. The van der Waals surface area contributed by atoms with E-state index in [0.717, 1.165) is 5.69 Å². The van der Waals surface area contributed by atoms with E-state index in [9.17, 15) is 14.0 Å². The van der Waals surface area contributed by atoms with Gasteiger partial charge < -0.3 is 9.80 Å². The number of benzene rings is 2. The minimum absolute atomic E-state index is 0.0316. The highest BCUT2D eigenvalue weighted by Crippen LogP contribution is 2.14. The molecule has 4 nitrogen and oxygen atoms in total. The third-order valence-electron chi connectivity index (χ3n) is 4.33. The van der Waals surface area contributed by atoms with Crippen molar-refractivity contribution in [3.63, 3.8) is 0 Å². The highest BCUT2D eigenvalue weighted by molar-refractivity contribution is 5.93. The topological polar surface area (TPSA) is 40.6 Å². The number of anilines is 1. The van der Waals surface area contributed by atoms with Gasteiger partial charge in [-0.3, -0.25) is 9.59 Å². The third-order valence-corrected chi connectivity index (χ3v) is 4.33. The Morgan fingerprint density at radius 3 is 2.23 bits per heavy atom. The summed E-state index contributed by atoms with van der Waals surface area (Å²) in [5, 5.41) is 0. The van der Waals surface area contributed by atoms with Crippen LogP contribution in [-0.4, -0.2) is 36.3 Å². The molecule has 2 amide bonds. The lowest BCUT2D eigenvalue weighted by Gasteiger charge is -2.25. The molecule has 0 atom stereocenters. The van der Waals surface area contributed by atoms with Gasteiger partial charge in [-0.25, -0.2) is 4.39 Å². The van der Waals surface area contributed by atoms with E-state index in [1.165, 1.54) is 13.0 Å². The largest absolute Gasteiger partial charge is 0.342 e. The quantitative estimate of drug-likeness (QED) is 0.724. The first-order chi connectivity index (χ1) is 12.5. The number of halogens is 1. The lowest BCUT2D eigenvalue weighted by atomic mass is 10.1. The fraction of sp³-hybridized carbons (Fsp3) is 0.333. The Morgan fingerprint density at radius 1 is 0.962 bits per heavy atom. The molecule has 0 fully saturated rings. The van der Waals surface area contributed by atoms with Crippen molar-refractivity contribution in [1.82, 2.24) is 4.90 Å². The Kier molecular flexibility index (Phi) is 7.33. The van der Waals surface area contributed by atoms with Gasteiger partial charge in [0, 0.05) is 38.7 Å². The van der Waals surface area contributed by atoms with E-state index in [-0.39, 0.29) is 24.1 Å². The summed E-state index contributed by atoms with van der Waals surface area (Å²) in [6, 6.07) is 16.0. The molecule has 0 radical (unpaired) electrons. The zero-order chi connectivity index (χ0) is 18.9. The summed E-state index contributed by atoms with van der Waals surface area (Å²) in [5.41, 5.74) is 1.42. The van der Waals surface area contributed by atoms with Gasteiger partial charge in [-0.15, -0.1) is 0 Å². The summed E-state index contributed by atoms with van der Waals surface area (Å²) < 4.78 is 13.7. The fourth-order valence-corrected chi connectivity index (χ4v) is 2.86. The maximum Gasteiger partial charge on any atom is 0.228 e. The zero-order valence-electron chi connectivity index (χ0n) is 15.3. The average Bonchev–Trinajstić information content (AvgIpc) is 2.64. The standard InChI is InChI=1S/C21H25FN2O2/c1-3-24(19-10-5-4-6-11-19)21(26)14-16-23(17(2)25)15-13-18-9-7-8-12-20(18)22/h4-12H,3,13-16H2,1-2H3. The Balaban J connectivity index is 1.94. The van der Waals surface area contributed by atoms with Crippen LogP contribution >= 0.6 is 0 Å². The molecule has 2 rings (SSSR count). The molecule has 0 aliphatic heterocycles. The van der Waals surface area contributed by atoms with Gasteiger partial charge in [-0.05, 0) is 37.1 Å². The predicted molar refractivity (Wildman–Crippen MR) is 101 cm³/mol. The number of hydrogen-bond acceptors (Lipinski definition) is 2. The molecule has 26 heavy (non-hydrogen) atoms. The summed E-state index contributed by atoms with van der Waals surface area (Å²) >= 11 is 0. The Morgan fingerprint density at radius 2 is 1.62 bits per heavy atom. The fourth-order valence-electron chi connectivity index (χ4n) is 2.86. The van der Waals surface area contributed by atoms with Gasteiger partial charge in [-0.1, -0.05) is 36.4 Å². The molecule has 0 saturated carbocycles. The van der Waals surface area contributed by atoms with E-state index in [2.05, 4.69) is 0 Å². The first-order valence-electron chi connectivity index (χ1n) is 8.87. The maximum atomic E-state index is 13.7. The molecule has 0 aliphatic carbocycles. The molecule has 2 aromatic rings. The number of carbonyl (C=O) groups excluding carboxylic acids is 2. The minimum atomic E-state index is -0.270. The van der Waals surface area contributed by atoms with Crippen molar-refractivity contribution in [2.24, 2.45) is 0 Å². The lowest BCUT2D eigenvalue weighted by molar-refractivity contribution is -0.129. The van der Waals surface area contributed by atoms with Crippen molar-refractivity contribution in [2.45, 2.75) is 26.7 Å². The van der Waals surface area contributed by atoms with Crippen LogP contribution in [0.15, 0.2) is 54.6 Å². The van der Waals surface area contributed by atoms with Crippen LogP contribution in [0.2, 0.25) is 0 Å². The van der Waals surface area contributed by atoms with Crippen LogP contribution in [0.25, 0.3) is 0 Å². The van der Waals surface area contributed by atoms with Crippen molar-refractivity contribution in [2.75, 3.05) is 24.5 Å². The summed E-state index contributed by atoms with van der Waals surface area (Å²) in [5.74, 6) is -0.416. The lowest BCUT2D eigenvalue weighted by Crippen LogP contribution is -2.37. The molecule has 0 spiro atoms. The van der Waals surface area contributed by atoms with E-state index in [1.807, 2.05) is 37.3 Å². The van der Waals surface area contributed by atoms with Gasteiger partial charge in [0.1, 0.15) is 5.82 Å². The first-order valence-corrected chi connectivity index (χ1v) is 8.87. The molecule has 0 N–H and O–H groups in total. The average molecular weight is 356 g/mol. The second-order valence-corrected chi connectivity index (χ2v) is 6.07. The van der Waals surface area contributed by atoms with E-state index in [0.29, 0.717) is 31.6 Å². The Labute approximate surface area is 154 Å². The molecule has 0 aromatic heterocycles. The zero-order valence-corrected chi connectivity index (χ0v) is 15.3. The predicted octanol–water partition coefficient (Wildman–Crippen LogP) is 3.66. The summed E-state index contributed by atoms with van der Waals surface area (Å²) in [6.07, 6.45) is 0.663. The molecule has 2 aromatic carbocycles. The SMILES string of the molecule is CCN(C(=O)CCN(CCc1ccccc1F)C(C)=O)c1ccccc1. The molecule has 0 bridgehead atoms. The maximum absolute atomic E-state index is 13.7. The van der Waals surface area contributed by atoms with Crippen LogP contribution in [0.4, 0.5) is 10.1 Å². The van der Waals surface area contributed by atoms with E-state index in [1.54, 1.807) is 28.0 Å². The van der Waals surface area contributed by atoms with Gasteiger partial charge in [0.05, 0.1) is 0 Å². The number of rotatable bonds is 8. The van der Waals surface area contributed by atoms with Gasteiger partial charge in [0.15, 0.2) is 0 Å². The van der Waals surface area contributed by atoms with Crippen molar-refractivity contribution >= 4 is 17.5 Å². The van der Waals surface area contributed by atoms with Crippen molar-refractivity contribution in [3.05, 3.63) is 66.0 Å². The summed E-state index contributed by atoms with van der Waals surface area (Å²) in [6.45, 7) is 4.68. The third kappa shape index (κ3) is 5.41.